The average molecular weight is 344 g/mol. The molecule has 0 fully saturated rings. The summed E-state index contributed by atoms with van der Waals surface area (Å²) >= 11 is 0. The van der Waals surface area contributed by atoms with Crippen LogP contribution in [0.5, 0.6) is 0 Å². The minimum atomic E-state index is -0.457. The number of carbonyl (C=O) groups is 2. The van der Waals surface area contributed by atoms with Gasteiger partial charge in [0, 0.05) is 11.1 Å². The Labute approximate surface area is 151 Å². The van der Waals surface area contributed by atoms with Crippen LogP contribution in [-0.4, -0.2) is 26.2 Å². The van der Waals surface area contributed by atoms with Crippen molar-refractivity contribution in [2.75, 3.05) is 14.2 Å². The fourth-order valence-electron chi connectivity index (χ4n) is 2.70. The molecule has 3 aromatic carbocycles. The van der Waals surface area contributed by atoms with Crippen LogP contribution in [0.1, 0.15) is 31.8 Å². The van der Waals surface area contributed by atoms with Gasteiger partial charge in [0.05, 0.1) is 25.3 Å². The topological polar surface area (TPSA) is 52.6 Å². The van der Waals surface area contributed by atoms with E-state index in [0.717, 1.165) is 10.8 Å². The number of methoxy groups -OCH3 is 2. The summed E-state index contributed by atoms with van der Waals surface area (Å²) in [6.45, 7) is 0. The van der Waals surface area contributed by atoms with Crippen molar-refractivity contribution < 1.29 is 19.1 Å². The highest BCUT2D eigenvalue weighted by Crippen LogP contribution is 2.23. The summed E-state index contributed by atoms with van der Waals surface area (Å²) in [5.74, 6) is 5.13. The fourth-order valence-corrected chi connectivity index (χ4v) is 2.70. The number of hydrogen-bond donors (Lipinski definition) is 0. The third-order valence-electron chi connectivity index (χ3n) is 3.99. The van der Waals surface area contributed by atoms with Gasteiger partial charge in [0.1, 0.15) is 0 Å². The lowest BCUT2D eigenvalue weighted by Gasteiger charge is -2.07. The number of hydrogen-bond acceptors (Lipinski definition) is 4. The number of benzene rings is 3. The standard InChI is InChI=1S/C22H16O4/c1-25-21(23)18-10-6-4-8-16(18)11-13-19-17-9-5-3-7-15(17)12-14-20(19)22(24)26-2/h3-10,12,14H,1-2H3. The van der Waals surface area contributed by atoms with Gasteiger partial charge in [-0.1, -0.05) is 54.3 Å². The van der Waals surface area contributed by atoms with E-state index < -0.39 is 11.9 Å². The van der Waals surface area contributed by atoms with Crippen LogP contribution in [-0.2, 0) is 9.47 Å². The molecular weight excluding hydrogens is 328 g/mol. The van der Waals surface area contributed by atoms with Crippen LogP contribution < -0.4 is 0 Å². The van der Waals surface area contributed by atoms with E-state index in [2.05, 4.69) is 11.8 Å². The molecule has 0 heterocycles. The zero-order chi connectivity index (χ0) is 18.5. The molecule has 4 nitrogen and oxygen atoms in total. The Hall–Kier alpha value is -3.58. The second kappa shape index (κ2) is 7.54. The van der Waals surface area contributed by atoms with Gasteiger partial charge in [-0.3, -0.25) is 0 Å². The third kappa shape index (κ3) is 3.28. The Morgan fingerprint density at radius 3 is 2.15 bits per heavy atom. The molecule has 0 radical (unpaired) electrons. The van der Waals surface area contributed by atoms with Crippen LogP contribution in [0.4, 0.5) is 0 Å². The molecule has 3 rings (SSSR count). The van der Waals surface area contributed by atoms with Crippen molar-refractivity contribution in [3.63, 3.8) is 0 Å². The van der Waals surface area contributed by atoms with E-state index in [-0.39, 0.29) is 0 Å². The molecule has 0 saturated carbocycles. The molecule has 0 aliphatic heterocycles. The Bertz CT molecular complexity index is 1050. The first-order valence-corrected chi connectivity index (χ1v) is 7.95. The SMILES string of the molecule is COC(=O)c1ccccc1C#Cc1c(C(=O)OC)ccc2ccccc12. The smallest absolute Gasteiger partial charge is 0.339 e. The first-order valence-electron chi connectivity index (χ1n) is 7.95. The molecule has 0 aliphatic carbocycles. The molecule has 26 heavy (non-hydrogen) atoms. The summed E-state index contributed by atoms with van der Waals surface area (Å²) in [6.07, 6.45) is 0. The van der Waals surface area contributed by atoms with E-state index in [0.29, 0.717) is 22.3 Å². The average Bonchev–Trinajstić information content (AvgIpc) is 2.70. The molecule has 0 amide bonds. The number of fused-ring (bicyclic) bond motifs is 1. The van der Waals surface area contributed by atoms with E-state index in [1.54, 1.807) is 30.3 Å². The van der Waals surface area contributed by atoms with Crippen LogP contribution in [0.2, 0.25) is 0 Å². The fraction of sp³-hybridized carbons (Fsp3) is 0.0909. The van der Waals surface area contributed by atoms with Gasteiger partial charge in [-0.25, -0.2) is 9.59 Å². The summed E-state index contributed by atoms with van der Waals surface area (Å²) in [5.41, 5.74) is 1.86. The molecule has 128 valence electrons. The summed E-state index contributed by atoms with van der Waals surface area (Å²) in [7, 11) is 2.66. The number of carbonyl (C=O) groups excluding carboxylic acids is 2. The van der Waals surface area contributed by atoms with Crippen LogP contribution in [0.25, 0.3) is 10.8 Å². The quantitative estimate of drug-likeness (QED) is 0.524. The van der Waals surface area contributed by atoms with Crippen LogP contribution in [0, 0.1) is 11.8 Å². The van der Waals surface area contributed by atoms with Crippen molar-refractivity contribution in [3.8, 4) is 11.8 Å². The molecule has 3 aromatic rings. The van der Waals surface area contributed by atoms with Gasteiger partial charge in [0.15, 0.2) is 0 Å². The zero-order valence-corrected chi connectivity index (χ0v) is 14.4. The first kappa shape index (κ1) is 17.2. The zero-order valence-electron chi connectivity index (χ0n) is 14.4. The Kier molecular flexibility index (Phi) is 5.00. The number of rotatable bonds is 2. The molecule has 0 bridgehead atoms. The molecule has 0 N–H and O–H groups in total. The van der Waals surface area contributed by atoms with Gasteiger partial charge < -0.3 is 9.47 Å². The molecule has 0 saturated heterocycles. The van der Waals surface area contributed by atoms with Crippen molar-refractivity contribution >= 4 is 22.7 Å². The van der Waals surface area contributed by atoms with Gasteiger partial charge in [-0.2, -0.15) is 0 Å². The highest BCUT2D eigenvalue weighted by atomic mass is 16.5. The predicted octanol–water partition coefficient (Wildman–Crippen LogP) is 3.81. The largest absolute Gasteiger partial charge is 0.465 e. The van der Waals surface area contributed by atoms with Crippen molar-refractivity contribution in [2.24, 2.45) is 0 Å². The summed E-state index contributed by atoms with van der Waals surface area (Å²) in [5, 5.41) is 1.81. The second-order valence-electron chi connectivity index (χ2n) is 5.49. The molecule has 4 heteroatoms. The van der Waals surface area contributed by atoms with E-state index >= 15 is 0 Å². The Balaban J connectivity index is 2.21. The van der Waals surface area contributed by atoms with E-state index in [9.17, 15) is 9.59 Å². The van der Waals surface area contributed by atoms with Crippen molar-refractivity contribution in [1.82, 2.24) is 0 Å². The van der Waals surface area contributed by atoms with E-state index in [1.165, 1.54) is 14.2 Å². The molecule has 0 aromatic heterocycles. The second-order valence-corrected chi connectivity index (χ2v) is 5.49. The maximum absolute atomic E-state index is 12.1. The van der Waals surface area contributed by atoms with Gasteiger partial charge in [0.2, 0.25) is 0 Å². The van der Waals surface area contributed by atoms with Crippen LogP contribution in [0.3, 0.4) is 0 Å². The van der Waals surface area contributed by atoms with Gasteiger partial charge in [0.25, 0.3) is 0 Å². The molecule has 0 unspecified atom stereocenters. The van der Waals surface area contributed by atoms with Crippen molar-refractivity contribution in [2.45, 2.75) is 0 Å². The summed E-state index contributed by atoms with van der Waals surface area (Å²) in [4.78, 5) is 24.1. The third-order valence-corrected chi connectivity index (χ3v) is 3.99. The minimum absolute atomic E-state index is 0.377. The Morgan fingerprint density at radius 1 is 0.731 bits per heavy atom. The molecular formula is C22H16O4. The molecule has 0 atom stereocenters. The molecule has 0 spiro atoms. The summed E-state index contributed by atoms with van der Waals surface area (Å²) < 4.78 is 9.67. The van der Waals surface area contributed by atoms with E-state index in [4.69, 9.17) is 9.47 Å². The number of esters is 2. The highest BCUT2D eigenvalue weighted by molar-refractivity contribution is 6.01. The van der Waals surface area contributed by atoms with E-state index in [1.807, 2.05) is 30.3 Å². The molecule has 0 aliphatic rings. The van der Waals surface area contributed by atoms with Crippen LogP contribution in [0.15, 0.2) is 60.7 Å². The monoisotopic (exact) mass is 344 g/mol. The number of ether oxygens (including phenoxy) is 2. The van der Waals surface area contributed by atoms with Gasteiger partial charge >= 0.3 is 11.9 Å². The Morgan fingerprint density at radius 2 is 1.38 bits per heavy atom. The van der Waals surface area contributed by atoms with Crippen LogP contribution >= 0.6 is 0 Å². The lowest BCUT2D eigenvalue weighted by Crippen LogP contribution is -2.05. The summed E-state index contributed by atoms with van der Waals surface area (Å²) in [6, 6.07) is 18.1. The van der Waals surface area contributed by atoms with Gasteiger partial charge in [-0.15, -0.1) is 0 Å². The van der Waals surface area contributed by atoms with Crippen molar-refractivity contribution in [3.05, 3.63) is 82.9 Å². The lowest BCUT2D eigenvalue weighted by molar-refractivity contribution is 0.0591. The van der Waals surface area contributed by atoms with Crippen molar-refractivity contribution in [1.29, 1.82) is 0 Å². The maximum Gasteiger partial charge on any atom is 0.339 e. The lowest BCUT2D eigenvalue weighted by atomic mass is 9.98. The highest BCUT2D eigenvalue weighted by Gasteiger charge is 2.14. The minimum Gasteiger partial charge on any atom is -0.465 e. The predicted molar refractivity (Wildman–Crippen MR) is 99.0 cm³/mol. The normalized spacial score (nSPS) is 9.92. The van der Waals surface area contributed by atoms with Gasteiger partial charge in [-0.05, 0) is 29.0 Å². The first-order chi connectivity index (χ1) is 12.7. The maximum atomic E-state index is 12.1.